The van der Waals surface area contributed by atoms with Gasteiger partial charge in [0.05, 0.1) is 17.4 Å². The number of nitrogens with zero attached hydrogens (tertiary/aromatic N) is 4. The first-order valence-electron chi connectivity index (χ1n) is 4.98. The van der Waals surface area contributed by atoms with Gasteiger partial charge in [0, 0.05) is 0 Å². The van der Waals surface area contributed by atoms with Crippen LogP contribution in [0.3, 0.4) is 0 Å². The highest BCUT2D eigenvalue weighted by Crippen LogP contribution is 2.26. The topological polar surface area (TPSA) is 98.0 Å². The van der Waals surface area contributed by atoms with E-state index in [1.165, 1.54) is 12.5 Å². The lowest BCUT2D eigenvalue weighted by Crippen LogP contribution is -1.97. The highest BCUT2D eigenvalue weighted by molar-refractivity contribution is 6.10. The van der Waals surface area contributed by atoms with Gasteiger partial charge in [0.15, 0.2) is 0 Å². The monoisotopic (exact) mass is 237 g/mol. The third kappa shape index (κ3) is 2.34. The van der Waals surface area contributed by atoms with Crippen LogP contribution in [0, 0.1) is 22.7 Å². The molecule has 0 amide bonds. The Hall–Kier alpha value is -3.12. The van der Waals surface area contributed by atoms with Crippen LogP contribution in [0.15, 0.2) is 46.2 Å². The maximum absolute atomic E-state index is 8.58. The van der Waals surface area contributed by atoms with Crippen molar-refractivity contribution in [3.63, 3.8) is 0 Å². The van der Waals surface area contributed by atoms with E-state index >= 15 is 0 Å². The SMILES string of the molecule is N#CC(C#N)=NNc1ccccc1-c1ncco1. The Morgan fingerprint density at radius 3 is 2.72 bits per heavy atom. The Morgan fingerprint density at radius 1 is 1.28 bits per heavy atom. The molecule has 0 aliphatic rings. The normalized spacial score (nSPS) is 9.00. The second-order valence-electron chi connectivity index (χ2n) is 3.18. The van der Waals surface area contributed by atoms with Gasteiger partial charge in [-0.05, 0) is 12.1 Å². The highest BCUT2D eigenvalue weighted by atomic mass is 16.3. The minimum atomic E-state index is -0.253. The fourth-order valence-electron chi connectivity index (χ4n) is 1.31. The van der Waals surface area contributed by atoms with Gasteiger partial charge in [-0.2, -0.15) is 15.6 Å². The predicted molar refractivity (Wildman–Crippen MR) is 64.2 cm³/mol. The second kappa shape index (κ2) is 5.28. The van der Waals surface area contributed by atoms with Crippen molar-refractivity contribution >= 4 is 11.4 Å². The van der Waals surface area contributed by atoms with Gasteiger partial charge < -0.3 is 4.42 Å². The van der Waals surface area contributed by atoms with Gasteiger partial charge in [0.25, 0.3) is 0 Å². The number of hydrogen-bond acceptors (Lipinski definition) is 6. The minimum Gasteiger partial charge on any atom is -0.444 e. The van der Waals surface area contributed by atoms with Crippen molar-refractivity contribution < 1.29 is 4.42 Å². The van der Waals surface area contributed by atoms with Crippen molar-refractivity contribution in [3.8, 4) is 23.6 Å². The lowest BCUT2D eigenvalue weighted by Gasteiger charge is -2.04. The zero-order valence-corrected chi connectivity index (χ0v) is 9.16. The van der Waals surface area contributed by atoms with E-state index in [0.29, 0.717) is 17.1 Å². The molecule has 1 aromatic heterocycles. The smallest absolute Gasteiger partial charge is 0.237 e. The molecule has 0 unspecified atom stereocenters. The van der Waals surface area contributed by atoms with E-state index in [4.69, 9.17) is 14.9 Å². The van der Waals surface area contributed by atoms with Gasteiger partial charge in [-0.3, -0.25) is 5.43 Å². The first kappa shape index (κ1) is 11.4. The third-order valence-corrected chi connectivity index (χ3v) is 2.09. The molecule has 0 spiro atoms. The van der Waals surface area contributed by atoms with E-state index in [9.17, 15) is 0 Å². The van der Waals surface area contributed by atoms with Crippen molar-refractivity contribution in [2.45, 2.75) is 0 Å². The molecule has 6 nitrogen and oxygen atoms in total. The zero-order chi connectivity index (χ0) is 12.8. The summed E-state index contributed by atoms with van der Waals surface area (Å²) in [7, 11) is 0. The van der Waals surface area contributed by atoms with Crippen LogP contribution >= 0.6 is 0 Å². The summed E-state index contributed by atoms with van der Waals surface area (Å²) in [5.74, 6) is 0.434. The van der Waals surface area contributed by atoms with E-state index < -0.39 is 0 Å². The molecule has 18 heavy (non-hydrogen) atoms. The molecule has 0 fully saturated rings. The molecule has 2 rings (SSSR count). The molecule has 1 aromatic carbocycles. The van der Waals surface area contributed by atoms with Gasteiger partial charge >= 0.3 is 0 Å². The standard InChI is InChI=1S/C12H7N5O/c13-7-9(8-14)16-17-11-4-2-1-3-10(11)12-15-5-6-18-12/h1-6,17H. The molecule has 86 valence electrons. The largest absolute Gasteiger partial charge is 0.444 e. The molecule has 0 aliphatic carbocycles. The Labute approximate surface area is 103 Å². The Bertz CT molecular complexity index is 630. The maximum atomic E-state index is 8.58. The maximum Gasteiger partial charge on any atom is 0.237 e. The zero-order valence-electron chi connectivity index (χ0n) is 9.16. The van der Waals surface area contributed by atoms with Crippen molar-refractivity contribution in [2.75, 3.05) is 5.43 Å². The molecule has 0 radical (unpaired) electrons. The molecule has 0 aliphatic heterocycles. The van der Waals surface area contributed by atoms with E-state index in [1.807, 2.05) is 6.07 Å². The Morgan fingerprint density at radius 2 is 2.06 bits per heavy atom. The van der Waals surface area contributed by atoms with Crippen molar-refractivity contribution in [3.05, 3.63) is 36.7 Å². The van der Waals surface area contributed by atoms with Crippen LogP contribution in [0.2, 0.25) is 0 Å². The molecule has 0 bridgehead atoms. The van der Waals surface area contributed by atoms with Gasteiger partial charge in [-0.15, -0.1) is 0 Å². The van der Waals surface area contributed by atoms with E-state index in [0.717, 1.165) is 0 Å². The van der Waals surface area contributed by atoms with Crippen molar-refractivity contribution in [1.82, 2.24) is 4.98 Å². The summed E-state index contributed by atoms with van der Waals surface area (Å²) in [5, 5.41) is 20.8. The van der Waals surface area contributed by atoms with Crippen LogP contribution in [0.5, 0.6) is 0 Å². The highest BCUT2D eigenvalue weighted by Gasteiger charge is 2.07. The van der Waals surface area contributed by atoms with Gasteiger partial charge in [0.2, 0.25) is 11.6 Å². The molecular weight excluding hydrogens is 230 g/mol. The number of rotatable bonds is 3. The van der Waals surface area contributed by atoms with Crippen LogP contribution < -0.4 is 5.43 Å². The average molecular weight is 237 g/mol. The van der Waals surface area contributed by atoms with E-state index in [-0.39, 0.29) is 5.71 Å². The Balaban J connectivity index is 2.33. The summed E-state index contributed by atoms with van der Waals surface area (Å²) in [6, 6.07) is 10.5. The molecule has 0 saturated heterocycles. The minimum absolute atomic E-state index is 0.253. The number of nitriles is 2. The number of oxazole rings is 1. The molecule has 0 atom stereocenters. The molecule has 0 saturated carbocycles. The second-order valence-corrected chi connectivity index (χ2v) is 3.18. The van der Waals surface area contributed by atoms with Gasteiger partial charge in [0.1, 0.15) is 18.4 Å². The van der Waals surface area contributed by atoms with Gasteiger partial charge in [-0.1, -0.05) is 12.1 Å². The predicted octanol–water partition coefficient (Wildman–Crippen LogP) is 2.16. The first-order chi connectivity index (χ1) is 8.85. The number of hydrazone groups is 1. The summed E-state index contributed by atoms with van der Waals surface area (Å²) < 4.78 is 5.19. The van der Waals surface area contributed by atoms with Crippen LogP contribution in [-0.4, -0.2) is 10.7 Å². The first-order valence-corrected chi connectivity index (χ1v) is 4.98. The summed E-state index contributed by atoms with van der Waals surface area (Å²) in [4.78, 5) is 4.03. The summed E-state index contributed by atoms with van der Waals surface area (Å²) >= 11 is 0. The van der Waals surface area contributed by atoms with Crippen molar-refractivity contribution in [1.29, 1.82) is 10.5 Å². The number of aromatic nitrogens is 1. The average Bonchev–Trinajstić information content (AvgIpc) is 2.94. The molecular formula is C12H7N5O. The quantitative estimate of drug-likeness (QED) is 0.651. The van der Waals surface area contributed by atoms with Crippen LogP contribution in [0.1, 0.15) is 0 Å². The number of para-hydroxylation sites is 1. The fourth-order valence-corrected chi connectivity index (χ4v) is 1.31. The summed E-state index contributed by atoms with van der Waals surface area (Å²) in [6.07, 6.45) is 3.00. The lowest BCUT2D eigenvalue weighted by atomic mass is 10.2. The molecule has 1 heterocycles. The third-order valence-electron chi connectivity index (χ3n) is 2.09. The number of hydrogen-bond donors (Lipinski definition) is 1. The Kier molecular flexibility index (Phi) is 3.34. The van der Waals surface area contributed by atoms with Crippen molar-refractivity contribution in [2.24, 2.45) is 5.10 Å². The van der Waals surface area contributed by atoms with Gasteiger partial charge in [-0.25, -0.2) is 4.98 Å². The summed E-state index contributed by atoms with van der Waals surface area (Å²) in [6.45, 7) is 0. The number of anilines is 1. The number of nitrogens with one attached hydrogen (secondary N) is 1. The summed E-state index contributed by atoms with van der Waals surface area (Å²) in [5.41, 5.74) is 3.69. The fraction of sp³-hybridized carbons (Fsp3) is 0. The molecule has 1 N–H and O–H groups in total. The van der Waals surface area contributed by atoms with E-state index in [2.05, 4.69) is 15.5 Å². The molecule has 2 aromatic rings. The van der Waals surface area contributed by atoms with Crippen LogP contribution in [0.25, 0.3) is 11.5 Å². The lowest BCUT2D eigenvalue weighted by molar-refractivity contribution is 0.575. The van der Waals surface area contributed by atoms with Crippen LogP contribution in [-0.2, 0) is 0 Å². The molecule has 6 heteroatoms. The van der Waals surface area contributed by atoms with Crippen LogP contribution in [0.4, 0.5) is 5.69 Å². The number of benzene rings is 1. The van der Waals surface area contributed by atoms with E-state index in [1.54, 1.807) is 30.3 Å².